The molecule has 6 heteroatoms. The Bertz CT molecular complexity index is 1040. The van der Waals surface area contributed by atoms with Crippen LogP contribution in [0, 0.1) is 0 Å². The first-order valence-corrected chi connectivity index (χ1v) is 8.44. The smallest absolute Gasteiger partial charge is 0.253 e. The maximum absolute atomic E-state index is 12.2. The summed E-state index contributed by atoms with van der Waals surface area (Å²) in [6.45, 7) is 1.04. The van der Waals surface area contributed by atoms with E-state index in [2.05, 4.69) is 15.6 Å². The Kier molecular flexibility index (Phi) is 3.93. The molecule has 0 saturated heterocycles. The molecule has 1 aliphatic rings. The van der Waals surface area contributed by atoms with Crippen LogP contribution in [0.25, 0.3) is 10.9 Å². The first kappa shape index (κ1) is 15.7. The van der Waals surface area contributed by atoms with E-state index in [-0.39, 0.29) is 11.5 Å². The second-order valence-electron chi connectivity index (χ2n) is 6.09. The number of benzene rings is 2. The third-order valence-electron chi connectivity index (χ3n) is 4.40. The van der Waals surface area contributed by atoms with E-state index in [4.69, 9.17) is 11.6 Å². The van der Waals surface area contributed by atoms with Crippen molar-refractivity contribution < 1.29 is 4.79 Å². The standard InChI is InChI=1S/C19H16ClN3O2/c20-14-1-4-17-12(8-14)7-13(18(24)23-17)10-22-15-2-3-16-11(9-15)5-6-21-19(16)25/h1-4,7-9,22H,5-6,10H2,(H,21,25)(H,23,24). The van der Waals surface area contributed by atoms with Crippen molar-refractivity contribution in [3.63, 3.8) is 0 Å². The number of rotatable bonds is 3. The molecule has 1 aromatic heterocycles. The predicted molar refractivity (Wildman–Crippen MR) is 99.4 cm³/mol. The number of aromatic nitrogens is 1. The summed E-state index contributed by atoms with van der Waals surface area (Å²) in [6.07, 6.45) is 0.811. The van der Waals surface area contributed by atoms with Crippen LogP contribution >= 0.6 is 11.6 Å². The molecule has 2 aromatic carbocycles. The van der Waals surface area contributed by atoms with Crippen LogP contribution in [0.5, 0.6) is 0 Å². The van der Waals surface area contributed by atoms with Gasteiger partial charge in [-0.15, -0.1) is 0 Å². The van der Waals surface area contributed by atoms with Gasteiger partial charge in [-0.05, 0) is 54.4 Å². The minimum Gasteiger partial charge on any atom is -0.381 e. The highest BCUT2D eigenvalue weighted by molar-refractivity contribution is 6.31. The molecule has 0 saturated carbocycles. The topological polar surface area (TPSA) is 74.0 Å². The Morgan fingerprint density at radius 3 is 2.84 bits per heavy atom. The van der Waals surface area contributed by atoms with Gasteiger partial charge in [0.2, 0.25) is 0 Å². The van der Waals surface area contributed by atoms with Crippen molar-refractivity contribution in [1.29, 1.82) is 0 Å². The molecule has 1 aliphatic heterocycles. The molecule has 0 spiro atoms. The second kappa shape index (κ2) is 6.26. The Hall–Kier alpha value is -2.79. The van der Waals surface area contributed by atoms with Crippen LogP contribution in [-0.4, -0.2) is 17.4 Å². The van der Waals surface area contributed by atoms with Crippen molar-refractivity contribution in [2.45, 2.75) is 13.0 Å². The molecule has 0 atom stereocenters. The molecule has 5 nitrogen and oxygen atoms in total. The van der Waals surface area contributed by atoms with E-state index in [9.17, 15) is 9.59 Å². The van der Waals surface area contributed by atoms with E-state index in [1.165, 1.54) is 0 Å². The second-order valence-corrected chi connectivity index (χ2v) is 6.52. The SMILES string of the molecule is O=C1NCCc2cc(NCc3cc4cc(Cl)ccc4[nH]c3=O)ccc21. The van der Waals surface area contributed by atoms with E-state index in [1.807, 2.05) is 30.3 Å². The zero-order valence-corrected chi connectivity index (χ0v) is 14.1. The molecule has 0 unspecified atom stereocenters. The number of H-pyrrole nitrogens is 1. The maximum Gasteiger partial charge on any atom is 0.253 e. The lowest BCUT2D eigenvalue weighted by Crippen LogP contribution is -2.31. The summed E-state index contributed by atoms with van der Waals surface area (Å²) < 4.78 is 0. The molecule has 0 aliphatic carbocycles. The lowest BCUT2D eigenvalue weighted by Gasteiger charge is -2.17. The summed E-state index contributed by atoms with van der Waals surface area (Å²) in [5.74, 6) is -0.0318. The fraction of sp³-hybridized carbons (Fsp3) is 0.158. The molecular formula is C19H16ClN3O2. The molecule has 3 N–H and O–H groups in total. The molecular weight excluding hydrogens is 338 g/mol. The number of pyridine rings is 1. The fourth-order valence-corrected chi connectivity index (χ4v) is 3.27. The van der Waals surface area contributed by atoms with Crippen molar-refractivity contribution >= 4 is 34.1 Å². The van der Waals surface area contributed by atoms with Gasteiger partial charge in [-0.3, -0.25) is 9.59 Å². The van der Waals surface area contributed by atoms with Crippen LogP contribution < -0.4 is 16.2 Å². The van der Waals surface area contributed by atoms with Crippen LogP contribution in [-0.2, 0) is 13.0 Å². The third kappa shape index (κ3) is 3.10. The molecule has 4 rings (SSSR count). The van der Waals surface area contributed by atoms with Crippen molar-refractivity contribution in [2.24, 2.45) is 0 Å². The van der Waals surface area contributed by atoms with Gasteiger partial charge in [0.05, 0.1) is 0 Å². The Morgan fingerprint density at radius 2 is 1.96 bits per heavy atom. The predicted octanol–water partition coefficient (Wildman–Crippen LogP) is 3.08. The number of carbonyl (C=O) groups is 1. The Labute approximate surface area is 149 Å². The number of hydrogen-bond acceptors (Lipinski definition) is 3. The number of anilines is 1. The number of fused-ring (bicyclic) bond motifs is 2. The van der Waals surface area contributed by atoms with Crippen molar-refractivity contribution in [3.8, 4) is 0 Å². The highest BCUT2D eigenvalue weighted by Crippen LogP contribution is 2.20. The lowest BCUT2D eigenvalue weighted by atomic mass is 10.00. The van der Waals surface area contributed by atoms with Crippen LogP contribution in [0.3, 0.4) is 0 Å². The quantitative estimate of drug-likeness (QED) is 0.677. The van der Waals surface area contributed by atoms with Gasteiger partial charge >= 0.3 is 0 Å². The average molecular weight is 354 g/mol. The van der Waals surface area contributed by atoms with Gasteiger partial charge in [-0.25, -0.2) is 0 Å². The highest BCUT2D eigenvalue weighted by atomic mass is 35.5. The normalized spacial score (nSPS) is 13.4. The molecule has 1 amide bonds. The first-order chi connectivity index (χ1) is 12.1. The Balaban J connectivity index is 1.59. The van der Waals surface area contributed by atoms with Crippen molar-refractivity contribution in [1.82, 2.24) is 10.3 Å². The highest BCUT2D eigenvalue weighted by Gasteiger charge is 2.16. The van der Waals surface area contributed by atoms with Crippen LogP contribution in [0.1, 0.15) is 21.5 Å². The molecule has 0 fully saturated rings. The molecule has 3 aromatic rings. The number of carbonyl (C=O) groups excluding carboxylic acids is 1. The number of amides is 1. The number of hydrogen-bond donors (Lipinski definition) is 3. The van der Waals surface area contributed by atoms with Crippen molar-refractivity contribution in [3.05, 3.63) is 74.5 Å². The molecule has 2 heterocycles. The summed E-state index contributed by atoms with van der Waals surface area (Å²) in [5, 5.41) is 7.62. The summed E-state index contributed by atoms with van der Waals surface area (Å²) in [7, 11) is 0. The number of aromatic amines is 1. The fourth-order valence-electron chi connectivity index (χ4n) is 3.09. The molecule has 0 radical (unpaired) electrons. The summed E-state index contributed by atoms with van der Waals surface area (Å²) in [6, 6.07) is 12.9. The zero-order valence-electron chi connectivity index (χ0n) is 13.4. The molecule has 25 heavy (non-hydrogen) atoms. The first-order valence-electron chi connectivity index (χ1n) is 8.06. The van der Waals surface area contributed by atoms with Gasteiger partial charge in [0, 0.05) is 45.8 Å². The average Bonchev–Trinajstić information content (AvgIpc) is 2.60. The largest absolute Gasteiger partial charge is 0.381 e. The summed E-state index contributed by atoms with van der Waals surface area (Å²) in [4.78, 5) is 26.9. The minimum atomic E-state index is -0.125. The monoisotopic (exact) mass is 353 g/mol. The van der Waals surface area contributed by atoms with E-state index in [1.54, 1.807) is 12.1 Å². The van der Waals surface area contributed by atoms with Crippen LogP contribution in [0.4, 0.5) is 5.69 Å². The number of halogens is 1. The lowest BCUT2D eigenvalue weighted by molar-refractivity contribution is 0.0946. The van der Waals surface area contributed by atoms with Gasteiger partial charge in [0.1, 0.15) is 0 Å². The van der Waals surface area contributed by atoms with Crippen LogP contribution in [0.15, 0.2) is 47.3 Å². The molecule has 126 valence electrons. The van der Waals surface area contributed by atoms with Gasteiger partial charge in [-0.1, -0.05) is 11.6 Å². The van der Waals surface area contributed by atoms with Gasteiger partial charge < -0.3 is 15.6 Å². The van der Waals surface area contributed by atoms with E-state index >= 15 is 0 Å². The van der Waals surface area contributed by atoms with E-state index in [0.717, 1.165) is 34.1 Å². The maximum atomic E-state index is 12.2. The van der Waals surface area contributed by atoms with Gasteiger partial charge in [0.15, 0.2) is 0 Å². The van der Waals surface area contributed by atoms with Gasteiger partial charge in [0.25, 0.3) is 11.5 Å². The minimum absolute atomic E-state index is 0.0318. The molecule has 0 bridgehead atoms. The van der Waals surface area contributed by atoms with Crippen LogP contribution in [0.2, 0.25) is 5.02 Å². The third-order valence-corrected chi connectivity index (χ3v) is 4.63. The number of nitrogens with one attached hydrogen (secondary N) is 3. The van der Waals surface area contributed by atoms with E-state index in [0.29, 0.717) is 23.7 Å². The Morgan fingerprint density at radius 1 is 1.08 bits per heavy atom. The zero-order chi connectivity index (χ0) is 17.4. The summed E-state index contributed by atoms with van der Waals surface area (Å²) >= 11 is 6.02. The van der Waals surface area contributed by atoms with Crippen molar-refractivity contribution in [2.75, 3.05) is 11.9 Å². The summed E-state index contributed by atoms with van der Waals surface area (Å²) in [5.41, 5.74) is 3.89. The van der Waals surface area contributed by atoms with E-state index < -0.39 is 0 Å². The van der Waals surface area contributed by atoms with Gasteiger partial charge in [-0.2, -0.15) is 0 Å².